The van der Waals surface area contributed by atoms with E-state index in [1.165, 1.54) is 6.07 Å². The number of methoxy groups -OCH3 is 1. The summed E-state index contributed by atoms with van der Waals surface area (Å²) in [7, 11) is 1.63. The number of hydrogen-bond acceptors (Lipinski definition) is 4. The van der Waals surface area contributed by atoms with Gasteiger partial charge in [0.2, 0.25) is 0 Å². The molecule has 0 bridgehead atoms. The Morgan fingerprint density at radius 2 is 2.44 bits per heavy atom. The summed E-state index contributed by atoms with van der Waals surface area (Å²) in [6, 6.07) is 6.39. The average molecular weight is 250 g/mol. The number of benzene rings is 1. The lowest BCUT2D eigenvalue weighted by molar-refractivity contribution is -0.00620. The number of halogens is 1. The van der Waals surface area contributed by atoms with Crippen LogP contribution in [0.3, 0.4) is 0 Å². The predicted octanol–water partition coefficient (Wildman–Crippen LogP) is 1.91. The maximum absolute atomic E-state index is 13.4. The number of anilines is 1. The summed E-state index contributed by atoms with van der Waals surface area (Å²) >= 11 is 0. The van der Waals surface area contributed by atoms with Gasteiger partial charge in [0.05, 0.1) is 12.3 Å². The molecule has 0 radical (unpaired) electrons. The second-order valence-corrected chi connectivity index (χ2v) is 4.32. The molecule has 0 amide bonds. The van der Waals surface area contributed by atoms with Gasteiger partial charge in [-0.15, -0.1) is 0 Å². The van der Waals surface area contributed by atoms with E-state index in [1.807, 2.05) is 6.07 Å². The summed E-state index contributed by atoms with van der Waals surface area (Å²) in [5.74, 6) is -0.517. The Bertz CT molecular complexity index is 465. The van der Waals surface area contributed by atoms with Gasteiger partial charge in [0.15, 0.2) is 0 Å². The highest BCUT2D eigenvalue weighted by molar-refractivity contribution is 5.58. The van der Waals surface area contributed by atoms with E-state index in [-0.39, 0.29) is 11.2 Å². The van der Waals surface area contributed by atoms with Gasteiger partial charge in [-0.1, -0.05) is 6.07 Å². The lowest BCUT2D eigenvalue weighted by atomic mass is 10.0. The second-order valence-electron chi connectivity index (χ2n) is 4.32. The summed E-state index contributed by atoms with van der Waals surface area (Å²) in [6.45, 7) is 1.65. The average Bonchev–Trinajstić information content (AvgIpc) is 2.86. The molecule has 0 spiro atoms. The van der Waals surface area contributed by atoms with Crippen LogP contribution in [-0.2, 0) is 9.47 Å². The van der Waals surface area contributed by atoms with Gasteiger partial charge in [-0.05, 0) is 12.1 Å². The number of nitriles is 1. The van der Waals surface area contributed by atoms with Gasteiger partial charge in [0.1, 0.15) is 23.1 Å². The van der Waals surface area contributed by atoms with Crippen molar-refractivity contribution in [2.75, 3.05) is 32.2 Å². The molecule has 1 unspecified atom stereocenters. The van der Waals surface area contributed by atoms with Crippen LogP contribution < -0.4 is 5.32 Å². The molecule has 5 heteroatoms. The van der Waals surface area contributed by atoms with Crippen LogP contribution in [0.5, 0.6) is 0 Å². The van der Waals surface area contributed by atoms with Gasteiger partial charge in [-0.2, -0.15) is 5.26 Å². The summed E-state index contributed by atoms with van der Waals surface area (Å²) in [4.78, 5) is 0. The van der Waals surface area contributed by atoms with Gasteiger partial charge in [-0.25, -0.2) is 4.39 Å². The van der Waals surface area contributed by atoms with Crippen LogP contribution >= 0.6 is 0 Å². The van der Waals surface area contributed by atoms with Crippen LogP contribution in [0.2, 0.25) is 0 Å². The number of rotatable bonds is 4. The van der Waals surface area contributed by atoms with Gasteiger partial charge >= 0.3 is 0 Å². The molecular formula is C13H15FN2O2. The van der Waals surface area contributed by atoms with Gasteiger partial charge < -0.3 is 14.8 Å². The first-order chi connectivity index (χ1) is 8.71. The minimum absolute atomic E-state index is 0.0302. The van der Waals surface area contributed by atoms with E-state index in [2.05, 4.69) is 5.32 Å². The first-order valence-electron chi connectivity index (χ1n) is 5.76. The molecule has 1 aliphatic heterocycles. The number of hydrogen-bond donors (Lipinski definition) is 1. The highest BCUT2D eigenvalue weighted by Gasteiger charge is 2.34. The molecule has 1 saturated heterocycles. The third kappa shape index (κ3) is 2.45. The molecule has 4 nitrogen and oxygen atoms in total. The van der Waals surface area contributed by atoms with Crippen molar-refractivity contribution in [1.29, 1.82) is 5.26 Å². The number of nitrogens with zero attached hydrogens (tertiary/aromatic N) is 1. The first kappa shape index (κ1) is 12.8. The maximum Gasteiger partial charge on any atom is 0.143 e. The van der Waals surface area contributed by atoms with E-state index in [0.29, 0.717) is 25.4 Å². The van der Waals surface area contributed by atoms with Crippen LogP contribution in [0, 0.1) is 17.1 Å². The van der Waals surface area contributed by atoms with E-state index in [4.69, 9.17) is 14.7 Å². The molecule has 1 aliphatic rings. The fourth-order valence-corrected chi connectivity index (χ4v) is 2.00. The van der Waals surface area contributed by atoms with Crippen LogP contribution in [0.4, 0.5) is 10.1 Å². The molecule has 1 aromatic carbocycles. The zero-order chi connectivity index (χ0) is 13.0. The van der Waals surface area contributed by atoms with Crippen LogP contribution in [-0.4, -0.2) is 32.5 Å². The summed E-state index contributed by atoms with van der Waals surface area (Å²) in [6.07, 6.45) is 0.785. The fraction of sp³-hybridized carbons (Fsp3) is 0.462. The Kier molecular flexibility index (Phi) is 3.80. The monoisotopic (exact) mass is 250 g/mol. The molecule has 96 valence electrons. The third-order valence-electron chi connectivity index (χ3n) is 3.23. The molecule has 0 aliphatic carbocycles. The summed E-state index contributed by atoms with van der Waals surface area (Å²) < 4.78 is 24.2. The number of ether oxygens (including phenoxy) is 2. The maximum atomic E-state index is 13.4. The van der Waals surface area contributed by atoms with Crippen LogP contribution in [0.25, 0.3) is 0 Å². The Hall–Kier alpha value is -1.64. The zero-order valence-electron chi connectivity index (χ0n) is 10.2. The largest absolute Gasteiger partial charge is 0.381 e. The van der Waals surface area contributed by atoms with Crippen molar-refractivity contribution in [3.63, 3.8) is 0 Å². The molecular weight excluding hydrogens is 235 g/mol. The van der Waals surface area contributed by atoms with E-state index in [0.717, 1.165) is 6.42 Å². The predicted molar refractivity (Wildman–Crippen MR) is 64.8 cm³/mol. The smallest absolute Gasteiger partial charge is 0.143 e. The molecule has 18 heavy (non-hydrogen) atoms. The highest BCUT2D eigenvalue weighted by atomic mass is 19.1. The topological polar surface area (TPSA) is 54.3 Å². The van der Waals surface area contributed by atoms with Crippen molar-refractivity contribution in [1.82, 2.24) is 0 Å². The second kappa shape index (κ2) is 5.34. The Balaban J connectivity index is 2.11. The van der Waals surface area contributed by atoms with E-state index in [1.54, 1.807) is 19.2 Å². The molecule has 1 N–H and O–H groups in total. The first-order valence-corrected chi connectivity index (χ1v) is 5.76. The Morgan fingerprint density at radius 1 is 1.61 bits per heavy atom. The van der Waals surface area contributed by atoms with Crippen LogP contribution in [0.1, 0.15) is 12.0 Å². The van der Waals surface area contributed by atoms with E-state index < -0.39 is 5.82 Å². The molecule has 1 fully saturated rings. The minimum atomic E-state index is -0.517. The molecule has 0 saturated carbocycles. The van der Waals surface area contributed by atoms with E-state index >= 15 is 0 Å². The quantitative estimate of drug-likeness (QED) is 0.887. The molecule has 1 heterocycles. The Morgan fingerprint density at radius 3 is 3.06 bits per heavy atom. The lowest BCUT2D eigenvalue weighted by Crippen LogP contribution is -2.39. The number of nitrogens with one attached hydrogen (secondary N) is 1. The highest BCUT2D eigenvalue weighted by Crippen LogP contribution is 2.24. The van der Waals surface area contributed by atoms with Crippen molar-refractivity contribution < 1.29 is 13.9 Å². The van der Waals surface area contributed by atoms with Crippen molar-refractivity contribution in [3.05, 3.63) is 29.6 Å². The summed E-state index contributed by atoms with van der Waals surface area (Å²) in [5.41, 5.74) is 0.127. The molecule has 1 atom stereocenters. The zero-order valence-corrected chi connectivity index (χ0v) is 10.2. The van der Waals surface area contributed by atoms with Crippen molar-refractivity contribution in [2.24, 2.45) is 0 Å². The lowest BCUT2D eigenvalue weighted by Gasteiger charge is -2.26. The SMILES string of the molecule is COC1(CNc2cccc(F)c2C#N)CCOC1. The molecule has 0 aromatic heterocycles. The van der Waals surface area contributed by atoms with E-state index in [9.17, 15) is 4.39 Å². The van der Waals surface area contributed by atoms with Gasteiger partial charge in [0, 0.05) is 26.7 Å². The summed E-state index contributed by atoms with van der Waals surface area (Å²) in [5, 5.41) is 12.0. The Labute approximate surface area is 105 Å². The normalized spacial score (nSPS) is 22.7. The van der Waals surface area contributed by atoms with Crippen molar-refractivity contribution in [3.8, 4) is 6.07 Å². The third-order valence-corrected chi connectivity index (χ3v) is 3.23. The molecule has 1 aromatic rings. The van der Waals surface area contributed by atoms with Gasteiger partial charge in [0.25, 0.3) is 0 Å². The minimum Gasteiger partial charge on any atom is -0.381 e. The standard InChI is InChI=1S/C13H15FN2O2/c1-17-13(5-6-18-9-13)8-16-12-4-2-3-11(14)10(12)7-15/h2-4,16H,5-6,8-9H2,1H3. The van der Waals surface area contributed by atoms with Gasteiger partial charge in [-0.3, -0.25) is 0 Å². The van der Waals surface area contributed by atoms with Crippen LogP contribution in [0.15, 0.2) is 18.2 Å². The molecule has 2 rings (SSSR count). The van der Waals surface area contributed by atoms with Crippen molar-refractivity contribution >= 4 is 5.69 Å². The van der Waals surface area contributed by atoms with Crippen molar-refractivity contribution in [2.45, 2.75) is 12.0 Å². The fourth-order valence-electron chi connectivity index (χ4n) is 2.00.